The molecule has 5 heteroatoms. The second kappa shape index (κ2) is 6.19. The second-order valence-electron chi connectivity index (χ2n) is 3.27. The molecule has 0 aliphatic heterocycles. The smallest absolute Gasteiger partial charge is 0.306 e. The van der Waals surface area contributed by atoms with Gasteiger partial charge in [0, 0.05) is 38.4 Å². The normalized spacial score (nSPS) is 10.3. The van der Waals surface area contributed by atoms with Gasteiger partial charge in [0.25, 0.3) is 0 Å². The molecule has 0 atom stereocenters. The van der Waals surface area contributed by atoms with Crippen LogP contribution >= 0.6 is 0 Å². The first-order chi connectivity index (χ1) is 7.24. The average molecular weight is 211 g/mol. The monoisotopic (exact) mass is 211 g/mol. The van der Waals surface area contributed by atoms with Crippen LogP contribution in [0.5, 0.6) is 0 Å². The second-order valence-corrected chi connectivity index (χ2v) is 3.27. The Bertz CT molecular complexity index is 309. The van der Waals surface area contributed by atoms with Crippen molar-refractivity contribution in [3.8, 4) is 0 Å². The zero-order valence-electron chi connectivity index (χ0n) is 9.19. The highest BCUT2D eigenvalue weighted by Crippen LogP contribution is 1.95. The first-order valence-electron chi connectivity index (χ1n) is 4.98. The number of esters is 1. The van der Waals surface area contributed by atoms with E-state index >= 15 is 0 Å². The molecule has 0 aromatic carbocycles. The van der Waals surface area contributed by atoms with Crippen LogP contribution in [0.4, 0.5) is 0 Å². The first-order valence-corrected chi connectivity index (χ1v) is 4.98. The molecular weight excluding hydrogens is 194 g/mol. The Kier molecular flexibility index (Phi) is 4.83. The number of hydrogen-bond donors (Lipinski definition) is 1. The Labute approximate surface area is 89.4 Å². The minimum Gasteiger partial charge on any atom is -0.469 e. The van der Waals surface area contributed by atoms with Gasteiger partial charge in [0.2, 0.25) is 0 Å². The summed E-state index contributed by atoms with van der Waals surface area (Å²) in [6.07, 6.45) is 3.11. The Hall–Kier alpha value is -1.36. The van der Waals surface area contributed by atoms with Crippen LogP contribution in [0.3, 0.4) is 0 Å². The van der Waals surface area contributed by atoms with Gasteiger partial charge < -0.3 is 10.1 Å². The summed E-state index contributed by atoms with van der Waals surface area (Å²) in [6.45, 7) is 1.50. The minimum atomic E-state index is -0.178. The number of hydrogen-bond acceptors (Lipinski definition) is 4. The Morgan fingerprint density at radius 3 is 3.00 bits per heavy atom. The minimum absolute atomic E-state index is 0.178. The number of rotatable bonds is 6. The van der Waals surface area contributed by atoms with E-state index in [2.05, 4.69) is 15.2 Å². The number of ether oxygens (including phenoxy) is 1. The molecule has 5 nitrogen and oxygen atoms in total. The van der Waals surface area contributed by atoms with Gasteiger partial charge in [-0.1, -0.05) is 0 Å². The number of carbonyl (C=O) groups is 1. The van der Waals surface area contributed by atoms with Gasteiger partial charge in [0.1, 0.15) is 0 Å². The number of methoxy groups -OCH3 is 1. The van der Waals surface area contributed by atoms with Crippen molar-refractivity contribution in [3.05, 3.63) is 18.0 Å². The third-order valence-electron chi connectivity index (χ3n) is 2.21. The van der Waals surface area contributed by atoms with Crippen molar-refractivity contribution in [2.24, 2.45) is 7.05 Å². The summed E-state index contributed by atoms with van der Waals surface area (Å²) >= 11 is 0. The van der Waals surface area contributed by atoms with Crippen LogP contribution in [0.2, 0.25) is 0 Å². The standard InChI is InChI=1S/C10H17N3O2/c1-13-9(4-8-12-13)3-6-11-7-5-10(14)15-2/h4,8,11H,3,5-7H2,1-2H3. The average Bonchev–Trinajstić information content (AvgIpc) is 2.63. The lowest BCUT2D eigenvalue weighted by atomic mass is 10.3. The molecule has 1 rings (SSSR count). The van der Waals surface area contributed by atoms with Crippen molar-refractivity contribution in [2.45, 2.75) is 12.8 Å². The predicted octanol–water partition coefficient (Wildman–Crippen LogP) is 0.115. The van der Waals surface area contributed by atoms with E-state index in [4.69, 9.17) is 0 Å². The lowest BCUT2D eigenvalue weighted by molar-refractivity contribution is -0.140. The van der Waals surface area contributed by atoms with E-state index in [1.165, 1.54) is 12.8 Å². The van der Waals surface area contributed by atoms with Gasteiger partial charge in [-0.15, -0.1) is 0 Å². The van der Waals surface area contributed by atoms with Crippen molar-refractivity contribution in [1.29, 1.82) is 0 Å². The Balaban J connectivity index is 2.07. The summed E-state index contributed by atoms with van der Waals surface area (Å²) < 4.78 is 6.38. The van der Waals surface area contributed by atoms with Crippen LogP contribution in [-0.4, -0.2) is 35.9 Å². The lowest BCUT2D eigenvalue weighted by Gasteiger charge is -2.04. The zero-order valence-corrected chi connectivity index (χ0v) is 9.19. The van der Waals surface area contributed by atoms with Crippen molar-refractivity contribution < 1.29 is 9.53 Å². The first kappa shape index (κ1) is 11.7. The Morgan fingerprint density at radius 2 is 2.40 bits per heavy atom. The van der Waals surface area contributed by atoms with Crippen molar-refractivity contribution in [1.82, 2.24) is 15.1 Å². The van der Waals surface area contributed by atoms with Gasteiger partial charge in [-0.2, -0.15) is 5.10 Å². The Morgan fingerprint density at radius 1 is 1.60 bits per heavy atom. The summed E-state index contributed by atoms with van der Waals surface area (Å²) in [6, 6.07) is 1.99. The van der Waals surface area contributed by atoms with E-state index in [-0.39, 0.29) is 5.97 Å². The fraction of sp³-hybridized carbons (Fsp3) is 0.600. The van der Waals surface area contributed by atoms with Gasteiger partial charge in [-0.05, 0) is 6.07 Å². The molecule has 15 heavy (non-hydrogen) atoms. The van der Waals surface area contributed by atoms with E-state index in [1.807, 2.05) is 17.8 Å². The molecule has 84 valence electrons. The molecule has 1 N–H and O–H groups in total. The van der Waals surface area contributed by atoms with Gasteiger partial charge in [-0.3, -0.25) is 9.48 Å². The molecule has 0 unspecified atom stereocenters. The lowest BCUT2D eigenvalue weighted by Crippen LogP contribution is -2.22. The maximum atomic E-state index is 10.8. The number of carbonyl (C=O) groups excluding carboxylic acids is 1. The molecule has 0 spiro atoms. The SMILES string of the molecule is COC(=O)CCNCCc1ccnn1C. The van der Waals surface area contributed by atoms with Crippen LogP contribution < -0.4 is 5.32 Å². The zero-order chi connectivity index (χ0) is 11.1. The van der Waals surface area contributed by atoms with E-state index in [0.717, 1.165) is 13.0 Å². The highest BCUT2D eigenvalue weighted by molar-refractivity contribution is 5.69. The summed E-state index contributed by atoms with van der Waals surface area (Å²) in [5, 5.41) is 7.25. The topological polar surface area (TPSA) is 56.1 Å². The maximum absolute atomic E-state index is 10.8. The number of nitrogens with one attached hydrogen (secondary N) is 1. The third kappa shape index (κ3) is 4.12. The molecule has 1 aromatic rings. The van der Waals surface area contributed by atoms with Crippen LogP contribution in [-0.2, 0) is 23.0 Å². The van der Waals surface area contributed by atoms with E-state index in [1.54, 1.807) is 6.20 Å². The molecule has 0 fully saturated rings. The molecule has 0 radical (unpaired) electrons. The van der Waals surface area contributed by atoms with Crippen molar-refractivity contribution in [3.63, 3.8) is 0 Å². The third-order valence-corrected chi connectivity index (χ3v) is 2.21. The predicted molar refractivity (Wildman–Crippen MR) is 56.4 cm³/mol. The highest BCUT2D eigenvalue weighted by atomic mass is 16.5. The molecule has 1 aromatic heterocycles. The summed E-state index contributed by atoms with van der Waals surface area (Å²) in [7, 11) is 3.32. The fourth-order valence-corrected chi connectivity index (χ4v) is 1.28. The quantitative estimate of drug-likeness (QED) is 0.536. The highest BCUT2D eigenvalue weighted by Gasteiger charge is 2.00. The fourth-order valence-electron chi connectivity index (χ4n) is 1.28. The molecule has 0 aliphatic rings. The maximum Gasteiger partial charge on any atom is 0.306 e. The number of aromatic nitrogens is 2. The number of aryl methyl sites for hydroxylation is 1. The van der Waals surface area contributed by atoms with Crippen LogP contribution in [0.15, 0.2) is 12.3 Å². The van der Waals surface area contributed by atoms with Gasteiger partial charge in [-0.25, -0.2) is 0 Å². The number of nitrogens with zero attached hydrogens (tertiary/aromatic N) is 2. The summed E-state index contributed by atoms with van der Waals surface area (Å²) in [4.78, 5) is 10.8. The van der Waals surface area contributed by atoms with E-state index in [9.17, 15) is 4.79 Å². The van der Waals surface area contributed by atoms with Gasteiger partial charge >= 0.3 is 5.97 Å². The van der Waals surface area contributed by atoms with E-state index < -0.39 is 0 Å². The van der Waals surface area contributed by atoms with Crippen molar-refractivity contribution >= 4 is 5.97 Å². The molecule has 0 aliphatic carbocycles. The van der Waals surface area contributed by atoms with E-state index in [0.29, 0.717) is 13.0 Å². The molecule has 0 bridgehead atoms. The molecule has 0 saturated heterocycles. The van der Waals surface area contributed by atoms with Crippen LogP contribution in [0.1, 0.15) is 12.1 Å². The van der Waals surface area contributed by atoms with Crippen LogP contribution in [0.25, 0.3) is 0 Å². The molecular formula is C10H17N3O2. The van der Waals surface area contributed by atoms with Gasteiger partial charge in [0.15, 0.2) is 0 Å². The molecule has 1 heterocycles. The van der Waals surface area contributed by atoms with Gasteiger partial charge in [0.05, 0.1) is 13.5 Å². The molecule has 0 saturated carbocycles. The molecule has 0 amide bonds. The summed E-state index contributed by atoms with van der Waals surface area (Å²) in [5.74, 6) is -0.178. The van der Waals surface area contributed by atoms with Crippen LogP contribution in [0, 0.1) is 0 Å². The largest absolute Gasteiger partial charge is 0.469 e. The summed E-state index contributed by atoms with van der Waals surface area (Å²) in [5.41, 5.74) is 1.18. The van der Waals surface area contributed by atoms with Crippen molar-refractivity contribution in [2.75, 3.05) is 20.2 Å².